The molecule has 1 aliphatic rings. The number of hydrogen-bond acceptors (Lipinski definition) is 3. The van der Waals surface area contributed by atoms with Crippen molar-refractivity contribution >= 4 is 0 Å². The molecule has 2 unspecified atom stereocenters. The molecule has 0 aromatic carbocycles. The SMILES string of the molecule is CCCN(CC1CCCN1)C(C)c1cc(C)oc1C. The Balaban J connectivity index is 2.06. The van der Waals surface area contributed by atoms with Crippen LogP contribution in [0.3, 0.4) is 0 Å². The standard InChI is InChI=1S/C16H28N2O/c1-5-9-18(11-15-7-6-8-17-15)13(3)16-10-12(2)19-14(16)4/h10,13,15,17H,5-9,11H2,1-4H3. The summed E-state index contributed by atoms with van der Waals surface area (Å²) in [4.78, 5) is 2.60. The van der Waals surface area contributed by atoms with Crippen LogP contribution in [0.15, 0.2) is 10.5 Å². The van der Waals surface area contributed by atoms with Crippen molar-refractivity contribution in [2.45, 2.75) is 59.0 Å². The van der Waals surface area contributed by atoms with Crippen LogP contribution in [0, 0.1) is 13.8 Å². The lowest BCUT2D eigenvalue weighted by atomic mass is 10.1. The van der Waals surface area contributed by atoms with Gasteiger partial charge in [-0.3, -0.25) is 4.90 Å². The third-order valence-electron chi connectivity index (χ3n) is 4.21. The fourth-order valence-corrected chi connectivity index (χ4v) is 3.19. The van der Waals surface area contributed by atoms with E-state index in [0.717, 1.165) is 24.6 Å². The first-order valence-electron chi connectivity index (χ1n) is 7.66. The van der Waals surface area contributed by atoms with E-state index >= 15 is 0 Å². The van der Waals surface area contributed by atoms with Crippen LogP contribution in [0.4, 0.5) is 0 Å². The first-order valence-corrected chi connectivity index (χ1v) is 7.66. The third-order valence-corrected chi connectivity index (χ3v) is 4.21. The molecule has 0 spiro atoms. The average Bonchev–Trinajstić information content (AvgIpc) is 2.97. The summed E-state index contributed by atoms with van der Waals surface area (Å²) in [5.74, 6) is 2.10. The van der Waals surface area contributed by atoms with Gasteiger partial charge >= 0.3 is 0 Å². The minimum absolute atomic E-state index is 0.444. The molecule has 1 N–H and O–H groups in total. The minimum atomic E-state index is 0.444. The van der Waals surface area contributed by atoms with Gasteiger partial charge in [0.25, 0.3) is 0 Å². The Morgan fingerprint density at radius 1 is 1.47 bits per heavy atom. The molecule has 1 aromatic rings. The highest BCUT2D eigenvalue weighted by Crippen LogP contribution is 2.27. The summed E-state index contributed by atoms with van der Waals surface area (Å²) in [5.41, 5.74) is 1.35. The topological polar surface area (TPSA) is 28.4 Å². The molecule has 3 nitrogen and oxygen atoms in total. The molecule has 0 saturated carbocycles. The van der Waals surface area contributed by atoms with Crippen LogP contribution in [0.2, 0.25) is 0 Å². The highest BCUT2D eigenvalue weighted by molar-refractivity contribution is 5.23. The van der Waals surface area contributed by atoms with Gasteiger partial charge in [-0.2, -0.15) is 0 Å². The van der Waals surface area contributed by atoms with Crippen LogP contribution in [0.5, 0.6) is 0 Å². The largest absolute Gasteiger partial charge is 0.466 e. The Morgan fingerprint density at radius 3 is 2.79 bits per heavy atom. The number of furan rings is 1. The maximum atomic E-state index is 5.69. The number of nitrogens with one attached hydrogen (secondary N) is 1. The monoisotopic (exact) mass is 264 g/mol. The van der Waals surface area contributed by atoms with Gasteiger partial charge in [0.05, 0.1) is 0 Å². The maximum absolute atomic E-state index is 5.69. The molecule has 3 heteroatoms. The predicted octanol–water partition coefficient (Wildman–Crippen LogP) is 3.42. The summed E-state index contributed by atoms with van der Waals surface area (Å²) < 4.78 is 5.69. The smallest absolute Gasteiger partial charge is 0.105 e. The van der Waals surface area contributed by atoms with Crippen molar-refractivity contribution in [3.8, 4) is 0 Å². The van der Waals surface area contributed by atoms with Crippen LogP contribution in [-0.2, 0) is 0 Å². The van der Waals surface area contributed by atoms with E-state index in [0.29, 0.717) is 12.1 Å². The molecule has 108 valence electrons. The number of nitrogens with zero attached hydrogens (tertiary/aromatic N) is 1. The Morgan fingerprint density at radius 2 is 2.26 bits per heavy atom. The fraction of sp³-hybridized carbons (Fsp3) is 0.750. The van der Waals surface area contributed by atoms with E-state index in [-0.39, 0.29) is 0 Å². The van der Waals surface area contributed by atoms with Crippen molar-refractivity contribution in [3.63, 3.8) is 0 Å². The van der Waals surface area contributed by atoms with Crippen LogP contribution in [0.25, 0.3) is 0 Å². The average molecular weight is 264 g/mol. The zero-order valence-electron chi connectivity index (χ0n) is 12.8. The molecule has 19 heavy (non-hydrogen) atoms. The van der Waals surface area contributed by atoms with Crippen molar-refractivity contribution in [1.29, 1.82) is 0 Å². The Hall–Kier alpha value is -0.800. The molecule has 2 heterocycles. The summed E-state index contributed by atoms with van der Waals surface area (Å²) in [5, 5.41) is 3.61. The Labute approximate surface area is 117 Å². The van der Waals surface area contributed by atoms with Gasteiger partial charge in [-0.15, -0.1) is 0 Å². The highest BCUT2D eigenvalue weighted by Gasteiger charge is 2.23. The van der Waals surface area contributed by atoms with Crippen molar-refractivity contribution in [2.75, 3.05) is 19.6 Å². The predicted molar refractivity (Wildman–Crippen MR) is 79.5 cm³/mol. The highest BCUT2D eigenvalue weighted by atomic mass is 16.3. The van der Waals surface area contributed by atoms with Gasteiger partial charge in [-0.05, 0) is 59.2 Å². The van der Waals surface area contributed by atoms with E-state index in [1.54, 1.807) is 0 Å². The van der Waals surface area contributed by atoms with E-state index in [1.807, 2.05) is 6.92 Å². The Kier molecular flexibility index (Phi) is 5.06. The van der Waals surface area contributed by atoms with E-state index in [9.17, 15) is 0 Å². The second-order valence-corrected chi connectivity index (χ2v) is 5.83. The molecule has 1 aliphatic heterocycles. The molecular weight excluding hydrogens is 236 g/mol. The molecule has 1 aromatic heterocycles. The van der Waals surface area contributed by atoms with Crippen molar-refractivity contribution in [1.82, 2.24) is 10.2 Å². The van der Waals surface area contributed by atoms with Crippen LogP contribution in [-0.4, -0.2) is 30.6 Å². The van der Waals surface area contributed by atoms with Crippen LogP contribution >= 0.6 is 0 Å². The molecule has 0 radical (unpaired) electrons. The lowest BCUT2D eigenvalue weighted by Gasteiger charge is -2.31. The van der Waals surface area contributed by atoms with Crippen molar-refractivity contribution < 1.29 is 4.42 Å². The van der Waals surface area contributed by atoms with Crippen LogP contribution < -0.4 is 5.32 Å². The zero-order valence-corrected chi connectivity index (χ0v) is 12.8. The lowest BCUT2D eigenvalue weighted by molar-refractivity contribution is 0.191. The van der Waals surface area contributed by atoms with Gasteiger partial charge in [-0.1, -0.05) is 6.92 Å². The lowest BCUT2D eigenvalue weighted by Crippen LogP contribution is -2.39. The fourth-order valence-electron chi connectivity index (χ4n) is 3.19. The molecule has 2 rings (SSSR count). The summed E-state index contributed by atoms with van der Waals surface area (Å²) in [7, 11) is 0. The molecule has 0 aliphatic carbocycles. The van der Waals surface area contributed by atoms with Crippen LogP contribution in [0.1, 0.15) is 56.2 Å². The van der Waals surface area contributed by atoms with E-state index in [2.05, 4.69) is 37.1 Å². The molecule has 0 bridgehead atoms. The van der Waals surface area contributed by atoms with Gasteiger partial charge in [-0.25, -0.2) is 0 Å². The second-order valence-electron chi connectivity index (χ2n) is 5.83. The number of hydrogen-bond donors (Lipinski definition) is 1. The van der Waals surface area contributed by atoms with Gasteiger partial charge in [0.1, 0.15) is 11.5 Å². The molecule has 1 saturated heterocycles. The second kappa shape index (κ2) is 6.58. The van der Waals surface area contributed by atoms with E-state index < -0.39 is 0 Å². The van der Waals surface area contributed by atoms with Gasteiger partial charge in [0, 0.05) is 24.2 Å². The summed E-state index contributed by atoms with van der Waals surface area (Å²) in [6.45, 7) is 12.2. The normalized spacial score (nSPS) is 21.2. The van der Waals surface area contributed by atoms with E-state index in [4.69, 9.17) is 4.42 Å². The van der Waals surface area contributed by atoms with Gasteiger partial charge in [0.2, 0.25) is 0 Å². The quantitative estimate of drug-likeness (QED) is 0.853. The summed E-state index contributed by atoms with van der Waals surface area (Å²) >= 11 is 0. The van der Waals surface area contributed by atoms with Gasteiger partial charge in [0.15, 0.2) is 0 Å². The molecule has 2 atom stereocenters. The van der Waals surface area contributed by atoms with E-state index in [1.165, 1.54) is 31.4 Å². The number of aryl methyl sites for hydroxylation is 2. The zero-order chi connectivity index (χ0) is 13.8. The molecule has 0 amide bonds. The van der Waals surface area contributed by atoms with Gasteiger partial charge < -0.3 is 9.73 Å². The minimum Gasteiger partial charge on any atom is -0.466 e. The van der Waals surface area contributed by atoms with Crippen molar-refractivity contribution in [2.24, 2.45) is 0 Å². The van der Waals surface area contributed by atoms with Crippen molar-refractivity contribution in [3.05, 3.63) is 23.2 Å². The molecular formula is C16H28N2O. The third kappa shape index (κ3) is 3.61. The summed E-state index contributed by atoms with van der Waals surface area (Å²) in [6.07, 6.45) is 3.84. The first-order chi connectivity index (χ1) is 9.11. The maximum Gasteiger partial charge on any atom is 0.105 e. The summed E-state index contributed by atoms with van der Waals surface area (Å²) in [6, 6.07) is 3.31. The Bertz CT molecular complexity index is 393. The number of rotatable bonds is 6. The first kappa shape index (κ1) is 14.6. The molecule has 1 fully saturated rings.